The van der Waals surface area contributed by atoms with Crippen molar-refractivity contribution in [1.82, 2.24) is 19.9 Å². The van der Waals surface area contributed by atoms with E-state index in [0.29, 0.717) is 19.0 Å². The van der Waals surface area contributed by atoms with Gasteiger partial charge in [-0.1, -0.05) is 19.0 Å². The zero-order chi connectivity index (χ0) is 17.7. The SMILES string of the molecule is CC(C)c1cc(NC(=O)CN2CCN(CC(=O)N(C)C)CC2)on1. The molecular weight excluding hydrogens is 310 g/mol. The van der Waals surface area contributed by atoms with Crippen molar-refractivity contribution in [2.45, 2.75) is 19.8 Å². The highest BCUT2D eigenvalue weighted by atomic mass is 16.5. The molecule has 1 aliphatic heterocycles. The normalized spacial score (nSPS) is 16.4. The van der Waals surface area contributed by atoms with Gasteiger partial charge in [0.25, 0.3) is 0 Å². The molecule has 2 heterocycles. The first-order chi connectivity index (χ1) is 11.3. The van der Waals surface area contributed by atoms with Crippen molar-refractivity contribution in [3.63, 3.8) is 0 Å². The van der Waals surface area contributed by atoms with Gasteiger partial charge in [0, 0.05) is 46.3 Å². The minimum absolute atomic E-state index is 0.104. The van der Waals surface area contributed by atoms with Gasteiger partial charge in [-0.2, -0.15) is 0 Å². The Kier molecular flexibility index (Phi) is 6.33. The zero-order valence-electron chi connectivity index (χ0n) is 14.9. The molecule has 0 aliphatic carbocycles. The number of anilines is 1. The maximum atomic E-state index is 12.1. The molecule has 1 aromatic rings. The molecule has 0 spiro atoms. The van der Waals surface area contributed by atoms with E-state index < -0.39 is 0 Å². The number of carbonyl (C=O) groups excluding carboxylic acids is 2. The van der Waals surface area contributed by atoms with Gasteiger partial charge in [-0.05, 0) is 5.92 Å². The number of aromatic nitrogens is 1. The number of hydrogen-bond donors (Lipinski definition) is 1. The third-order valence-electron chi connectivity index (χ3n) is 4.07. The molecule has 1 fully saturated rings. The molecule has 0 bridgehead atoms. The average Bonchev–Trinajstić information content (AvgIpc) is 2.97. The average molecular weight is 337 g/mol. The molecule has 0 saturated carbocycles. The third-order valence-corrected chi connectivity index (χ3v) is 4.07. The van der Waals surface area contributed by atoms with Gasteiger partial charge in [-0.3, -0.25) is 24.7 Å². The quantitative estimate of drug-likeness (QED) is 0.811. The van der Waals surface area contributed by atoms with Gasteiger partial charge in [0.1, 0.15) is 0 Å². The molecule has 2 amide bonds. The van der Waals surface area contributed by atoms with Crippen molar-refractivity contribution in [3.8, 4) is 0 Å². The molecule has 0 aromatic carbocycles. The van der Waals surface area contributed by atoms with Gasteiger partial charge in [-0.15, -0.1) is 0 Å². The van der Waals surface area contributed by atoms with E-state index in [1.54, 1.807) is 25.1 Å². The molecule has 8 heteroatoms. The highest BCUT2D eigenvalue weighted by Crippen LogP contribution is 2.17. The smallest absolute Gasteiger partial charge is 0.240 e. The van der Waals surface area contributed by atoms with Crippen LogP contribution < -0.4 is 5.32 Å². The van der Waals surface area contributed by atoms with Crippen molar-refractivity contribution >= 4 is 17.7 Å². The van der Waals surface area contributed by atoms with Crippen LogP contribution in [-0.2, 0) is 9.59 Å². The minimum atomic E-state index is -0.112. The lowest BCUT2D eigenvalue weighted by molar-refractivity contribution is -0.130. The number of nitrogens with zero attached hydrogens (tertiary/aromatic N) is 4. The van der Waals surface area contributed by atoms with Gasteiger partial charge in [0.15, 0.2) is 0 Å². The van der Waals surface area contributed by atoms with Crippen molar-refractivity contribution < 1.29 is 14.1 Å². The molecule has 24 heavy (non-hydrogen) atoms. The fourth-order valence-electron chi connectivity index (χ4n) is 2.44. The summed E-state index contributed by atoms with van der Waals surface area (Å²) in [5.74, 6) is 0.642. The van der Waals surface area contributed by atoms with E-state index in [1.165, 1.54) is 0 Å². The maximum absolute atomic E-state index is 12.1. The molecule has 0 radical (unpaired) electrons. The van der Waals surface area contributed by atoms with Crippen LogP contribution in [0.15, 0.2) is 10.6 Å². The van der Waals surface area contributed by atoms with Gasteiger partial charge in [0.05, 0.1) is 18.8 Å². The lowest BCUT2D eigenvalue weighted by atomic mass is 10.1. The van der Waals surface area contributed by atoms with Gasteiger partial charge < -0.3 is 9.42 Å². The first-order valence-electron chi connectivity index (χ1n) is 8.26. The Morgan fingerprint density at radius 1 is 1.21 bits per heavy atom. The number of amides is 2. The second kappa shape index (κ2) is 8.25. The van der Waals surface area contributed by atoms with E-state index in [0.717, 1.165) is 31.9 Å². The number of carbonyl (C=O) groups is 2. The summed E-state index contributed by atoms with van der Waals surface area (Å²) in [7, 11) is 3.52. The molecule has 8 nitrogen and oxygen atoms in total. The Morgan fingerprint density at radius 2 is 1.79 bits per heavy atom. The second-order valence-electron chi connectivity index (χ2n) is 6.66. The predicted octanol–water partition coefficient (Wildman–Crippen LogP) is 0.442. The topological polar surface area (TPSA) is 81.9 Å². The summed E-state index contributed by atoms with van der Waals surface area (Å²) < 4.78 is 5.12. The van der Waals surface area contributed by atoms with E-state index in [4.69, 9.17) is 4.52 Å². The number of piperazine rings is 1. The Bertz CT molecular complexity index is 562. The summed E-state index contributed by atoms with van der Waals surface area (Å²) >= 11 is 0. The molecule has 134 valence electrons. The van der Waals surface area contributed by atoms with Crippen LogP contribution in [0.5, 0.6) is 0 Å². The summed E-state index contributed by atoms with van der Waals surface area (Å²) in [4.78, 5) is 29.6. The molecular formula is C16H27N5O3. The van der Waals surface area contributed by atoms with Gasteiger partial charge in [-0.25, -0.2) is 0 Å². The number of likely N-dealkylation sites (N-methyl/N-ethyl adjacent to an activating group) is 1. The summed E-state index contributed by atoms with van der Waals surface area (Å²) in [6, 6.07) is 1.76. The van der Waals surface area contributed by atoms with Gasteiger partial charge >= 0.3 is 0 Å². The molecule has 1 aromatic heterocycles. The number of rotatable bonds is 6. The first-order valence-corrected chi connectivity index (χ1v) is 8.26. The lowest BCUT2D eigenvalue weighted by Crippen LogP contribution is -2.50. The Balaban J connectivity index is 1.73. The third kappa shape index (κ3) is 5.31. The summed E-state index contributed by atoms with van der Waals surface area (Å²) in [5.41, 5.74) is 0.824. The van der Waals surface area contributed by atoms with E-state index in [2.05, 4.69) is 20.3 Å². The summed E-state index contributed by atoms with van der Waals surface area (Å²) in [6.07, 6.45) is 0. The maximum Gasteiger partial charge on any atom is 0.240 e. The van der Waals surface area contributed by atoms with E-state index in [1.807, 2.05) is 13.8 Å². The number of hydrogen-bond acceptors (Lipinski definition) is 6. The van der Waals surface area contributed by atoms with Crippen LogP contribution in [-0.4, -0.2) is 85.0 Å². The standard InChI is InChI=1S/C16H27N5O3/c1-12(2)13-9-15(24-18-13)17-14(22)10-20-5-7-21(8-6-20)11-16(23)19(3)4/h9,12H,5-8,10-11H2,1-4H3,(H,17,22). The van der Waals surface area contributed by atoms with Crippen LogP contribution in [0.4, 0.5) is 5.88 Å². The fraction of sp³-hybridized carbons (Fsp3) is 0.688. The Hall–Kier alpha value is -1.93. The molecule has 1 saturated heterocycles. The molecule has 1 aliphatic rings. The van der Waals surface area contributed by atoms with Crippen LogP contribution in [0.3, 0.4) is 0 Å². The highest BCUT2D eigenvalue weighted by molar-refractivity contribution is 5.91. The van der Waals surface area contributed by atoms with Gasteiger partial charge in [0.2, 0.25) is 17.7 Å². The monoisotopic (exact) mass is 337 g/mol. The summed E-state index contributed by atoms with van der Waals surface area (Å²) in [5, 5.41) is 6.66. The van der Waals surface area contributed by atoms with Crippen molar-refractivity contribution in [1.29, 1.82) is 0 Å². The van der Waals surface area contributed by atoms with Crippen molar-refractivity contribution in [2.24, 2.45) is 0 Å². The van der Waals surface area contributed by atoms with E-state index in [9.17, 15) is 9.59 Å². The lowest BCUT2D eigenvalue weighted by Gasteiger charge is -2.34. The predicted molar refractivity (Wildman–Crippen MR) is 90.8 cm³/mol. The van der Waals surface area contributed by atoms with E-state index in [-0.39, 0.29) is 17.7 Å². The van der Waals surface area contributed by atoms with E-state index >= 15 is 0 Å². The van der Waals surface area contributed by atoms with Crippen LogP contribution in [0.1, 0.15) is 25.5 Å². The van der Waals surface area contributed by atoms with Crippen LogP contribution in [0, 0.1) is 0 Å². The van der Waals surface area contributed by atoms with Crippen LogP contribution in [0.25, 0.3) is 0 Å². The first kappa shape index (κ1) is 18.4. The Morgan fingerprint density at radius 3 is 2.29 bits per heavy atom. The van der Waals surface area contributed by atoms with Crippen molar-refractivity contribution in [3.05, 3.63) is 11.8 Å². The highest BCUT2D eigenvalue weighted by Gasteiger charge is 2.21. The number of nitrogens with one attached hydrogen (secondary N) is 1. The van der Waals surface area contributed by atoms with Crippen LogP contribution in [0.2, 0.25) is 0 Å². The minimum Gasteiger partial charge on any atom is -0.348 e. The largest absolute Gasteiger partial charge is 0.348 e. The molecule has 0 atom stereocenters. The summed E-state index contributed by atoms with van der Waals surface area (Å²) in [6.45, 7) is 7.88. The second-order valence-corrected chi connectivity index (χ2v) is 6.66. The van der Waals surface area contributed by atoms with Crippen LogP contribution >= 0.6 is 0 Å². The molecule has 2 rings (SSSR count). The molecule has 0 unspecified atom stereocenters. The van der Waals surface area contributed by atoms with Crippen molar-refractivity contribution in [2.75, 3.05) is 58.7 Å². The zero-order valence-corrected chi connectivity index (χ0v) is 14.9. The fourth-order valence-corrected chi connectivity index (χ4v) is 2.44. The molecule has 1 N–H and O–H groups in total. The Labute approximate surface area is 142 Å².